The van der Waals surface area contributed by atoms with E-state index in [0.717, 1.165) is 17.4 Å². The quantitative estimate of drug-likeness (QED) is 0.684. The number of benzene rings is 2. The van der Waals surface area contributed by atoms with Gasteiger partial charge >= 0.3 is 0 Å². The summed E-state index contributed by atoms with van der Waals surface area (Å²) >= 11 is 0. The van der Waals surface area contributed by atoms with Gasteiger partial charge in [-0.05, 0) is 29.7 Å². The Kier molecular flexibility index (Phi) is 6.40. The van der Waals surface area contributed by atoms with Crippen LogP contribution in [0.1, 0.15) is 29.8 Å². The van der Waals surface area contributed by atoms with E-state index in [0.29, 0.717) is 30.9 Å². The maximum absolute atomic E-state index is 13.2. The zero-order valence-corrected chi connectivity index (χ0v) is 17.3. The summed E-state index contributed by atoms with van der Waals surface area (Å²) in [4.78, 5) is 0. The Morgan fingerprint density at radius 3 is 2.68 bits per heavy atom. The molecule has 0 aliphatic carbocycles. The number of nitrogens with one attached hydrogen (secondary N) is 1. The molecule has 1 aliphatic heterocycles. The molecule has 2 heterocycles. The third kappa shape index (κ3) is 4.07. The van der Waals surface area contributed by atoms with Gasteiger partial charge in [-0.25, -0.2) is 8.42 Å². The van der Waals surface area contributed by atoms with E-state index < -0.39 is 10.0 Å². The van der Waals surface area contributed by atoms with Crippen LogP contribution in [-0.2, 0) is 22.2 Å². The normalized spacial score (nSPS) is 18.1. The van der Waals surface area contributed by atoms with Crippen molar-refractivity contribution in [3.63, 3.8) is 0 Å². The zero-order valence-electron chi connectivity index (χ0n) is 15.7. The van der Waals surface area contributed by atoms with Gasteiger partial charge in [0, 0.05) is 25.0 Å². The third-order valence-corrected chi connectivity index (χ3v) is 6.89. The Morgan fingerprint density at radius 2 is 1.93 bits per heavy atom. The lowest BCUT2D eigenvalue weighted by atomic mass is 10.0. The van der Waals surface area contributed by atoms with Gasteiger partial charge in [-0.2, -0.15) is 4.31 Å². The number of sulfonamides is 1. The minimum atomic E-state index is -3.54. The molecular weight excluding hydrogens is 398 g/mol. The molecule has 0 bridgehead atoms. The van der Waals surface area contributed by atoms with Crippen LogP contribution in [0.25, 0.3) is 11.0 Å². The van der Waals surface area contributed by atoms with Crippen molar-refractivity contribution >= 4 is 33.4 Å². The predicted molar refractivity (Wildman–Crippen MR) is 112 cm³/mol. The average molecular weight is 422 g/mol. The first-order chi connectivity index (χ1) is 13.1. The number of aryl methyl sites for hydroxylation is 1. The molecule has 0 spiro atoms. The molecule has 0 radical (unpaired) electrons. The van der Waals surface area contributed by atoms with Crippen LogP contribution in [0.3, 0.4) is 0 Å². The molecule has 1 unspecified atom stereocenters. The topological polar surface area (TPSA) is 75.4 Å². The number of para-hydroxylation sites is 1. The highest BCUT2D eigenvalue weighted by atomic mass is 35.5. The van der Waals surface area contributed by atoms with E-state index in [1.807, 2.05) is 30.3 Å². The highest BCUT2D eigenvalue weighted by Crippen LogP contribution is 2.28. The first-order valence-electron chi connectivity index (χ1n) is 9.21. The Hall–Kier alpha value is -1.93. The molecule has 1 saturated heterocycles. The van der Waals surface area contributed by atoms with Gasteiger partial charge in [0.25, 0.3) is 0 Å². The lowest BCUT2D eigenvalue weighted by Gasteiger charge is -2.35. The van der Waals surface area contributed by atoms with Crippen molar-refractivity contribution in [2.24, 2.45) is 0 Å². The maximum Gasteiger partial charge on any atom is 0.220 e. The third-order valence-electron chi connectivity index (χ3n) is 5.10. The van der Waals surface area contributed by atoms with Crippen LogP contribution in [-0.4, -0.2) is 37.5 Å². The van der Waals surface area contributed by atoms with Gasteiger partial charge in [0.05, 0.1) is 6.04 Å². The summed E-state index contributed by atoms with van der Waals surface area (Å²) in [6.07, 6.45) is 0.963. The summed E-state index contributed by atoms with van der Waals surface area (Å²) in [5.41, 5.74) is 3.32. The van der Waals surface area contributed by atoms with Gasteiger partial charge in [0.15, 0.2) is 5.58 Å². The fourth-order valence-electron chi connectivity index (χ4n) is 3.58. The van der Waals surface area contributed by atoms with Crippen LogP contribution in [0.5, 0.6) is 0 Å². The van der Waals surface area contributed by atoms with Crippen LogP contribution < -0.4 is 5.32 Å². The molecular formula is C20H24ClN3O3S. The van der Waals surface area contributed by atoms with Gasteiger partial charge in [-0.15, -0.1) is 12.4 Å². The van der Waals surface area contributed by atoms with Crippen LogP contribution in [0, 0.1) is 0 Å². The van der Waals surface area contributed by atoms with Crippen LogP contribution in [0.15, 0.2) is 53.1 Å². The standard InChI is InChI=1S/C20H23N3O3S.ClH/c1-2-15-7-9-16(10-8-15)19-13-21-11-12-23(19)27(24,25)14-18-17-5-3-4-6-20(17)26-22-18;/h3-10,19,21H,2,11-14H2,1H3;1H. The minimum Gasteiger partial charge on any atom is -0.356 e. The molecule has 6 nitrogen and oxygen atoms in total. The van der Waals surface area contributed by atoms with E-state index in [4.69, 9.17) is 4.52 Å². The molecule has 0 amide bonds. The molecule has 28 heavy (non-hydrogen) atoms. The molecule has 1 aliphatic rings. The number of fused-ring (bicyclic) bond motifs is 1. The fourth-order valence-corrected chi connectivity index (χ4v) is 5.25. The second kappa shape index (κ2) is 8.61. The van der Waals surface area contributed by atoms with Gasteiger partial charge in [-0.1, -0.05) is 48.5 Å². The summed E-state index contributed by atoms with van der Waals surface area (Å²) in [5.74, 6) is -0.159. The second-order valence-electron chi connectivity index (χ2n) is 6.81. The van der Waals surface area contributed by atoms with Gasteiger partial charge in [0.2, 0.25) is 10.0 Å². The largest absolute Gasteiger partial charge is 0.356 e. The van der Waals surface area contributed by atoms with E-state index in [2.05, 4.69) is 29.5 Å². The van der Waals surface area contributed by atoms with E-state index in [1.165, 1.54) is 5.56 Å². The molecule has 2 aromatic carbocycles. The smallest absolute Gasteiger partial charge is 0.220 e. The summed E-state index contributed by atoms with van der Waals surface area (Å²) in [7, 11) is -3.54. The van der Waals surface area contributed by atoms with Crippen molar-refractivity contribution in [2.75, 3.05) is 19.6 Å². The van der Waals surface area contributed by atoms with Crippen molar-refractivity contribution in [1.29, 1.82) is 0 Å². The molecule has 0 saturated carbocycles. The fraction of sp³-hybridized carbons (Fsp3) is 0.350. The monoisotopic (exact) mass is 421 g/mol. The van der Waals surface area contributed by atoms with E-state index in [-0.39, 0.29) is 24.2 Å². The van der Waals surface area contributed by atoms with Crippen molar-refractivity contribution in [2.45, 2.75) is 25.1 Å². The van der Waals surface area contributed by atoms with Gasteiger partial charge in [0.1, 0.15) is 11.4 Å². The summed E-state index contributed by atoms with van der Waals surface area (Å²) in [6, 6.07) is 15.3. The highest BCUT2D eigenvalue weighted by molar-refractivity contribution is 7.88. The molecule has 1 aromatic heterocycles. The lowest BCUT2D eigenvalue weighted by molar-refractivity contribution is 0.271. The first kappa shape index (κ1) is 20.8. The number of rotatable bonds is 5. The van der Waals surface area contributed by atoms with Gasteiger partial charge in [-0.3, -0.25) is 0 Å². The van der Waals surface area contributed by atoms with Crippen LogP contribution in [0.2, 0.25) is 0 Å². The maximum atomic E-state index is 13.2. The summed E-state index contributed by atoms with van der Waals surface area (Å²) in [5, 5.41) is 8.06. The Morgan fingerprint density at radius 1 is 1.18 bits per heavy atom. The number of aromatic nitrogens is 1. The van der Waals surface area contributed by atoms with Gasteiger partial charge < -0.3 is 9.84 Å². The molecule has 8 heteroatoms. The molecule has 150 valence electrons. The molecule has 1 fully saturated rings. The minimum absolute atomic E-state index is 0. The SMILES string of the molecule is CCc1ccc(C2CNCCN2S(=O)(=O)Cc2noc3ccccc23)cc1.Cl. The van der Waals surface area contributed by atoms with Crippen molar-refractivity contribution in [3.8, 4) is 0 Å². The Balaban J connectivity index is 0.00000225. The van der Waals surface area contributed by atoms with E-state index in [9.17, 15) is 8.42 Å². The number of hydrogen-bond donors (Lipinski definition) is 1. The molecule has 1 N–H and O–H groups in total. The molecule has 1 atom stereocenters. The predicted octanol–water partition coefficient (Wildman–Crippen LogP) is 3.29. The van der Waals surface area contributed by atoms with Crippen LogP contribution in [0.4, 0.5) is 0 Å². The summed E-state index contributed by atoms with van der Waals surface area (Å²) < 4.78 is 33.3. The molecule has 4 rings (SSSR count). The average Bonchev–Trinajstić information content (AvgIpc) is 3.10. The number of piperazine rings is 1. The number of halogens is 1. The number of nitrogens with zero attached hydrogens (tertiary/aromatic N) is 2. The second-order valence-corrected chi connectivity index (χ2v) is 8.73. The van der Waals surface area contributed by atoms with E-state index in [1.54, 1.807) is 10.4 Å². The first-order valence-corrected chi connectivity index (χ1v) is 10.8. The van der Waals surface area contributed by atoms with Crippen molar-refractivity contribution in [3.05, 3.63) is 65.4 Å². The number of hydrogen-bond acceptors (Lipinski definition) is 5. The summed E-state index contributed by atoms with van der Waals surface area (Å²) in [6.45, 7) is 3.79. The van der Waals surface area contributed by atoms with Crippen molar-refractivity contribution in [1.82, 2.24) is 14.8 Å². The Labute approximate surface area is 171 Å². The Bertz CT molecular complexity index is 1030. The van der Waals surface area contributed by atoms with Crippen molar-refractivity contribution < 1.29 is 12.9 Å². The molecule has 3 aromatic rings. The highest BCUT2D eigenvalue weighted by Gasteiger charge is 2.34. The zero-order chi connectivity index (χ0) is 18.9. The van der Waals surface area contributed by atoms with Crippen LogP contribution >= 0.6 is 12.4 Å². The van der Waals surface area contributed by atoms with E-state index >= 15 is 0 Å². The lowest BCUT2D eigenvalue weighted by Crippen LogP contribution is -2.48.